The second-order valence-electron chi connectivity index (χ2n) is 5.70. The molecule has 0 aromatic heterocycles. The van der Waals surface area contributed by atoms with E-state index in [2.05, 4.69) is 4.90 Å². The molecule has 1 N–H and O–H groups in total. The second kappa shape index (κ2) is 4.49. The van der Waals surface area contributed by atoms with Crippen LogP contribution in [0.3, 0.4) is 0 Å². The van der Waals surface area contributed by atoms with Gasteiger partial charge in [0.05, 0.1) is 11.0 Å². The van der Waals surface area contributed by atoms with E-state index < -0.39 is 0 Å². The molecule has 1 aromatic carbocycles. The van der Waals surface area contributed by atoms with Gasteiger partial charge in [-0.15, -0.1) is 0 Å². The quantitative estimate of drug-likeness (QED) is 0.656. The Kier molecular flexibility index (Phi) is 2.93. The summed E-state index contributed by atoms with van der Waals surface area (Å²) < 4.78 is 0. The van der Waals surface area contributed by atoms with E-state index in [0.29, 0.717) is 12.1 Å². The average molecular weight is 262 g/mol. The molecular formula is C14H18N2O3. The molecule has 2 bridgehead atoms. The molecular weight excluding hydrogens is 244 g/mol. The number of benzene rings is 1. The molecule has 2 fully saturated rings. The highest BCUT2D eigenvalue weighted by Crippen LogP contribution is 2.40. The zero-order chi connectivity index (χ0) is 13.6. The first-order valence-electron chi connectivity index (χ1n) is 6.77. The fraction of sp³-hybridized carbons (Fsp3) is 0.571. The van der Waals surface area contributed by atoms with Gasteiger partial charge in [-0.3, -0.25) is 10.1 Å². The molecule has 0 amide bonds. The van der Waals surface area contributed by atoms with Crippen molar-refractivity contribution in [3.8, 4) is 0 Å². The number of hydrogen-bond donors (Lipinski definition) is 1. The highest BCUT2D eigenvalue weighted by molar-refractivity contribution is 5.58. The predicted molar refractivity (Wildman–Crippen MR) is 72.4 cm³/mol. The molecule has 2 aliphatic rings. The van der Waals surface area contributed by atoms with Crippen molar-refractivity contribution in [1.29, 1.82) is 0 Å². The van der Waals surface area contributed by atoms with Gasteiger partial charge in [0, 0.05) is 29.9 Å². The van der Waals surface area contributed by atoms with E-state index in [-0.39, 0.29) is 16.7 Å². The van der Waals surface area contributed by atoms with E-state index >= 15 is 0 Å². The first kappa shape index (κ1) is 12.4. The molecule has 5 heteroatoms. The van der Waals surface area contributed by atoms with E-state index in [1.807, 2.05) is 13.0 Å². The summed E-state index contributed by atoms with van der Waals surface area (Å²) in [5.41, 5.74) is 2.00. The third-order valence-corrected chi connectivity index (χ3v) is 4.26. The summed E-state index contributed by atoms with van der Waals surface area (Å²) in [6.45, 7) is 1.89. The van der Waals surface area contributed by atoms with Crippen LogP contribution in [-0.4, -0.2) is 28.2 Å². The van der Waals surface area contributed by atoms with Crippen LogP contribution in [-0.2, 0) is 0 Å². The summed E-state index contributed by atoms with van der Waals surface area (Å²) in [6.07, 6.45) is 3.48. The normalized spacial score (nSPS) is 29.6. The summed E-state index contributed by atoms with van der Waals surface area (Å²) in [6, 6.07) is 5.93. The number of fused-ring (bicyclic) bond motifs is 2. The van der Waals surface area contributed by atoms with Crippen molar-refractivity contribution < 1.29 is 10.0 Å². The van der Waals surface area contributed by atoms with Crippen molar-refractivity contribution in [3.05, 3.63) is 33.9 Å². The Balaban J connectivity index is 1.96. The van der Waals surface area contributed by atoms with Gasteiger partial charge in [-0.05, 0) is 44.2 Å². The van der Waals surface area contributed by atoms with Gasteiger partial charge in [-0.2, -0.15) is 0 Å². The molecule has 2 unspecified atom stereocenters. The van der Waals surface area contributed by atoms with E-state index in [0.717, 1.165) is 36.9 Å². The Morgan fingerprint density at radius 1 is 1.26 bits per heavy atom. The fourth-order valence-electron chi connectivity index (χ4n) is 3.57. The van der Waals surface area contributed by atoms with Crippen LogP contribution in [0.1, 0.15) is 31.2 Å². The van der Waals surface area contributed by atoms with E-state index in [4.69, 9.17) is 0 Å². The largest absolute Gasteiger partial charge is 0.393 e. The number of rotatable bonds is 2. The molecule has 3 rings (SSSR count). The lowest BCUT2D eigenvalue weighted by Crippen LogP contribution is -2.44. The van der Waals surface area contributed by atoms with Crippen LogP contribution in [0.5, 0.6) is 0 Å². The van der Waals surface area contributed by atoms with Crippen molar-refractivity contribution in [2.24, 2.45) is 0 Å². The maximum atomic E-state index is 11.0. The number of aliphatic hydroxyl groups is 1. The minimum atomic E-state index is -0.336. The topological polar surface area (TPSA) is 66.6 Å². The number of anilines is 1. The Labute approximate surface area is 112 Å². The molecule has 0 aliphatic carbocycles. The SMILES string of the molecule is Cc1cc(N2C3CCC2CC(O)C3)cc([N+](=O)[O-])c1. The standard InChI is InChI=1S/C14H18N2O3/c1-9-4-12(6-13(5-9)16(18)19)15-10-2-3-11(15)8-14(17)7-10/h4-6,10-11,14,17H,2-3,7-8H2,1H3. The van der Waals surface area contributed by atoms with Crippen LogP contribution in [0.2, 0.25) is 0 Å². The average Bonchev–Trinajstić information content (AvgIpc) is 2.61. The second-order valence-corrected chi connectivity index (χ2v) is 5.70. The van der Waals surface area contributed by atoms with Crippen molar-refractivity contribution in [2.75, 3.05) is 4.90 Å². The molecule has 5 nitrogen and oxygen atoms in total. The van der Waals surface area contributed by atoms with E-state index in [1.165, 1.54) is 0 Å². The van der Waals surface area contributed by atoms with Crippen LogP contribution in [0.15, 0.2) is 18.2 Å². The third kappa shape index (κ3) is 2.18. The minimum absolute atomic E-state index is 0.153. The molecule has 19 heavy (non-hydrogen) atoms. The molecule has 0 saturated carbocycles. The van der Waals surface area contributed by atoms with Gasteiger partial charge in [-0.25, -0.2) is 0 Å². The molecule has 1 aromatic rings. The summed E-state index contributed by atoms with van der Waals surface area (Å²) >= 11 is 0. The van der Waals surface area contributed by atoms with E-state index in [9.17, 15) is 15.2 Å². The number of nitro benzene ring substituents is 1. The smallest absolute Gasteiger partial charge is 0.271 e. The van der Waals surface area contributed by atoms with Crippen LogP contribution >= 0.6 is 0 Å². The zero-order valence-electron chi connectivity index (χ0n) is 11.0. The lowest BCUT2D eigenvalue weighted by Gasteiger charge is -2.39. The van der Waals surface area contributed by atoms with Gasteiger partial charge in [0.1, 0.15) is 0 Å². The lowest BCUT2D eigenvalue weighted by atomic mass is 9.98. The minimum Gasteiger partial charge on any atom is -0.393 e. The van der Waals surface area contributed by atoms with Gasteiger partial charge in [0.25, 0.3) is 5.69 Å². The van der Waals surface area contributed by atoms with Crippen molar-refractivity contribution >= 4 is 11.4 Å². The van der Waals surface area contributed by atoms with E-state index in [1.54, 1.807) is 12.1 Å². The third-order valence-electron chi connectivity index (χ3n) is 4.26. The number of nitro groups is 1. The molecule has 2 heterocycles. The monoisotopic (exact) mass is 262 g/mol. The Morgan fingerprint density at radius 2 is 1.89 bits per heavy atom. The van der Waals surface area contributed by atoms with Crippen LogP contribution in [0.25, 0.3) is 0 Å². The Hall–Kier alpha value is -1.62. The van der Waals surface area contributed by atoms with Gasteiger partial charge < -0.3 is 10.0 Å². The van der Waals surface area contributed by atoms with Crippen LogP contribution in [0.4, 0.5) is 11.4 Å². The molecule has 2 atom stereocenters. The Morgan fingerprint density at radius 3 is 2.47 bits per heavy atom. The summed E-state index contributed by atoms with van der Waals surface area (Å²) in [7, 11) is 0. The molecule has 0 radical (unpaired) electrons. The number of piperidine rings is 1. The van der Waals surface area contributed by atoms with Crippen molar-refractivity contribution in [3.63, 3.8) is 0 Å². The van der Waals surface area contributed by atoms with Crippen LogP contribution < -0.4 is 4.90 Å². The molecule has 2 aliphatic heterocycles. The first-order chi connectivity index (χ1) is 9.04. The summed E-state index contributed by atoms with van der Waals surface area (Å²) in [5, 5.41) is 20.8. The highest BCUT2D eigenvalue weighted by Gasteiger charge is 2.40. The van der Waals surface area contributed by atoms with Crippen molar-refractivity contribution in [2.45, 2.75) is 50.8 Å². The predicted octanol–water partition coefficient (Wildman–Crippen LogP) is 2.40. The molecule has 102 valence electrons. The van der Waals surface area contributed by atoms with Gasteiger partial charge in [0.2, 0.25) is 0 Å². The Bertz CT molecular complexity index is 503. The van der Waals surface area contributed by atoms with Gasteiger partial charge in [-0.1, -0.05) is 0 Å². The first-order valence-corrected chi connectivity index (χ1v) is 6.77. The highest BCUT2D eigenvalue weighted by atomic mass is 16.6. The molecule has 2 saturated heterocycles. The summed E-state index contributed by atoms with van der Waals surface area (Å²) in [4.78, 5) is 12.9. The van der Waals surface area contributed by atoms with Crippen molar-refractivity contribution in [1.82, 2.24) is 0 Å². The van der Waals surface area contributed by atoms with Gasteiger partial charge in [0.15, 0.2) is 0 Å². The summed E-state index contributed by atoms with van der Waals surface area (Å²) in [5.74, 6) is 0. The maximum absolute atomic E-state index is 11.0. The zero-order valence-corrected chi connectivity index (χ0v) is 11.0. The fourth-order valence-corrected chi connectivity index (χ4v) is 3.57. The number of aliphatic hydroxyl groups excluding tert-OH is 1. The lowest BCUT2D eigenvalue weighted by molar-refractivity contribution is -0.384. The number of aryl methyl sites for hydroxylation is 1. The van der Waals surface area contributed by atoms with Gasteiger partial charge >= 0.3 is 0 Å². The maximum Gasteiger partial charge on any atom is 0.271 e. The molecule has 0 spiro atoms. The number of hydrogen-bond acceptors (Lipinski definition) is 4. The number of non-ortho nitro benzene ring substituents is 1. The van der Waals surface area contributed by atoms with Crippen LogP contribution in [0, 0.1) is 17.0 Å². The number of nitrogens with zero attached hydrogens (tertiary/aromatic N) is 2.